The summed E-state index contributed by atoms with van der Waals surface area (Å²) < 4.78 is 0. The van der Waals surface area contributed by atoms with E-state index in [-0.39, 0.29) is 11.6 Å². The summed E-state index contributed by atoms with van der Waals surface area (Å²) in [6.07, 6.45) is 2.54. The van der Waals surface area contributed by atoms with Crippen molar-refractivity contribution in [2.75, 3.05) is 18.4 Å². The van der Waals surface area contributed by atoms with Crippen LogP contribution in [0.3, 0.4) is 0 Å². The van der Waals surface area contributed by atoms with Crippen molar-refractivity contribution in [3.8, 4) is 0 Å². The maximum Gasteiger partial charge on any atom is 0.335 e. The van der Waals surface area contributed by atoms with Gasteiger partial charge in [0.15, 0.2) is 0 Å². The zero-order valence-corrected chi connectivity index (χ0v) is 11.8. The van der Waals surface area contributed by atoms with Crippen LogP contribution in [0.1, 0.15) is 29.3 Å². The first-order chi connectivity index (χ1) is 9.49. The number of carboxylic acid groups (broad SMARTS) is 1. The smallest absolute Gasteiger partial charge is 0.335 e. The molecule has 0 unspecified atom stereocenters. The second-order valence-electron chi connectivity index (χ2n) is 4.50. The first-order valence-corrected chi connectivity index (χ1v) is 6.50. The Bertz CT molecular complexity index is 512. The molecule has 2 amide bonds. The van der Waals surface area contributed by atoms with Gasteiger partial charge in [0.1, 0.15) is 0 Å². The maximum atomic E-state index is 12.1. The van der Waals surface area contributed by atoms with E-state index in [1.165, 1.54) is 12.1 Å². The van der Waals surface area contributed by atoms with Gasteiger partial charge in [-0.15, -0.1) is 6.58 Å². The Labute approximate surface area is 118 Å². The number of carbonyl (C=O) groups is 2. The summed E-state index contributed by atoms with van der Waals surface area (Å²) in [5.74, 6) is -0.981. The van der Waals surface area contributed by atoms with E-state index in [2.05, 4.69) is 11.9 Å². The van der Waals surface area contributed by atoms with Gasteiger partial charge in [-0.3, -0.25) is 0 Å². The molecular weight excluding hydrogens is 256 g/mol. The highest BCUT2D eigenvalue weighted by atomic mass is 16.4. The highest BCUT2D eigenvalue weighted by Crippen LogP contribution is 2.17. The summed E-state index contributed by atoms with van der Waals surface area (Å²) >= 11 is 0. The van der Waals surface area contributed by atoms with Crippen molar-refractivity contribution in [2.45, 2.75) is 20.3 Å². The number of carboxylic acids is 1. The van der Waals surface area contributed by atoms with Gasteiger partial charge >= 0.3 is 12.0 Å². The fourth-order valence-corrected chi connectivity index (χ4v) is 1.83. The molecule has 0 aliphatic rings. The van der Waals surface area contributed by atoms with E-state index >= 15 is 0 Å². The number of anilines is 1. The van der Waals surface area contributed by atoms with Gasteiger partial charge in [0, 0.05) is 18.8 Å². The first kappa shape index (κ1) is 15.8. The fourth-order valence-electron chi connectivity index (χ4n) is 1.83. The number of hydrogen-bond donors (Lipinski definition) is 2. The van der Waals surface area contributed by atoms with E-state index in [0.29, 0.717) is 24.3 Å². The van der Waals surface area contributed by atoms with Crippen LogP contribution in [0.15, 0.2) is 30.9 Å². The summed E-state index contributed by atoms with van der Waals surface area (Å²) in [6, 6.07) is 4.41. The van der Waals surface area contributed by atoms with Crippen LogP contribution in [0.2, 0.25) is 0 Å². The van der Waals surface area contributed by atoms with E-state index in [9.17, 15) is 9.59 Å². The molecule has 20 heavy (non-hydrogen) atoms. The van der Waals surface area contributed by atoms with Crippen LogP contribution in [-0.4, -0.2) is 35.1 Å². The van der Waals surface area contributed by atoms with Gasteiger partial charge in [-0.05, 0) is 37.1 Å². The normalized spacial score (nSPS) is 9.90. The van der Waals surface area contributed by atoms with Gasteiger partial charge in [-0.25, -0.2) is 9.59 Å². The molecule has 0 aliphatic heterocycles. The van der Waals surface area contributed by atoms with Gasteiger partial charge in [-0.2, -0.15) is 0 Å². The van der Waals surface area contributed by atoms with Crippen molar-refractivity contribution >= 4 is 17.7 Å². The number of aryl methyl sites for hydroxylation is 1. The van der Waals surface area contributed by atoms with Crippen LogP contribution in [0.5, 0.6) is 0 Å². The number of rotatable bonds is 6. The van der Waals surface area contributed by atoms with Crippen LogP contribution in [0.25, 0.3) is 0 Å². The Morgan fingerprint density at radius 2 is 2.15 bits per heavy atom. The lowest BCUT2D eigenvalue weighted by Gasteiger charge is -2.21. The zero-order valence-electron chi connectivity index (χ0n) is 11.8. The number of urea groups is 1. The van der Waals surface area contributed by atoms with Crippen LogP contribution >= 0.6 is 0 Å². The summed E-state index contributed by atoms with van der Waals surface area (Å²) in [5.41, 5.74) is 1.54. The minimum Gasteiger partial charge on any atom is -0.478 e. The number of carbonyl (C=O) groups excluding carboxylic acids is 1. The van der Waals surface area contributed by atoms with Crippen molar-refractivity contribution in [1.29, 1.82) is 0 Å². The molecule has 0 spiro atoms. The number of amides is 2. The van der Waals surface area contributed by atoms with Crippen LogP contribution in [0.4, 0.5) is 10.5 Å². The molecule has 0 heterocycles. The van der Waals surface area contributed by atoms with E-state index in [1.54, 1.807) is 24.0 Å². The monoisotopic (exact) mass is 276 g/mol. The van der Waals surface area contributed by atoms with Crippen LogP contribution < -0.4 is 5.32 Å². The lowest BCUT2D eigenvalue weighted by Crippen LogP contribution is -2.35. The lowest BCUT2D eigenvalue weighted by atomic mass is 10.1. The van der Waals surface area contributed by atoms with E-state index in [0.717, 1.165) is 6.42 Å². The van der Waals surface area contributed by atoms with Crippen molar-refractivity contribution < 1.29 is 14.7 Å². The van der Waals surface area contributed by atoms with E-state index in [1.807, 2.05) is 6.92 Å². The van der Waals surface area contributed by atoms with Gasteiger partial charge in [-0.1, -0.05) is 13.0 Å². The van der Waals surface area contributed by atoms with E-state index in [4.69, 9.17) is 5.11 Å². The first-order valence-electron chi connectivity index (χ1n) is 6.50. The third kappa shape index (κ3) is 4.12. The molecule has 0 saturated carbocycles. The van der Waals surface area contributed by atoms with Crippen molar-refractivity contribution in [1.82, 2.24) is 4.90 Å². The number of aromatic carboxylic acids is 1. The minimum absolute atomic E-state index is 0.206. The summed E-state index contributed by atoms with van der Waals surface area (Å²) in [5, 5.41) is 11.7. The molecule has 0 fully saturated rings. The molecule has 0 bridgehead atoms. The number of nitrogens with one attached hydrogen (secondary N) is 1. The molecule has 108 valence electrons. The average Bonchev–Trinajstić information content (AvgIpc) is 2.40. The SMILES string of the molecule is C=CCN(CCC)C(=O)Nc1ccc(C(=O)O)cc1C. The standard InChI is InChI=1S/C15H20N2O3/c1-4-8-17(9-5-2)15(20)16-13-7-6-12(14(18)19)10-11(13)3/h4,6-7,10H,1,5,8-9H2,2-3H3,(H,16,20)(H,18,19). The predicted octanol–water partition coefficient (Wildman–Crippen LogP) is 3.12. The second kappa shape index (κ2) is 7.33. The highest BCUT2D eigenvalue weighted by Gasteiger charge is 2.13. The second-order valence-corrected chi connectivity index (χ2v) is 4.50. The molecule has 2 N–H and O–H groups in total. The third-order valence-electron chi connectivity index (χ3n) is 2.85. The Kier molecular flexibility index (Phi) is 5.77. The van der Waals surface area contributed by atoms with Crippen LogP contribution in [-0.2, 0) is 0 Å². The molecule has 0 atom stereocenters. The fraction of sp³-hybridized carbons (Fsp3) is 0.333. The van der Waals surface area contributed by atoms with Crippen molar-refractivity contribution in [3.05, 3.63) is 42.0 Å². The molecule has 1 rings (SSSR count). The molecule has 5 nitrogen and oxygen atoms in total. The Morgan fingerprint density at radius 3 is 2.65 bits per heavy atom. The topological polar surface area (TPSA) is 69.6 Å². The highest BCUT2D eigenvalue weighted by molar-refractivity contribution is 5.92. The summed E-state index contributed by atoms with van der Waals surface area (Å²) in [6.45, 7) is 8.51. The van der Waals surface area contributed by atoms with E-state index < -0.39 is 5.97 Å². The predicted molar refractivity (Wildman–Crippen MR) is 79.2 cm³/mol. The molecule has 0 saturated heterocycles. The van der Waals surface area contributed by atoms with Crippen molar-refractivity contribution in [3.63, 3.8) is 0 Å². The maximum absolute atomic E-state index is 12.1. The number of benzene rings is 1. The number of nitrogens with zero attached hydrogens (tertiary/aromatic N) is 1. The Balaban J connectivity index is 2.83. The molecule has 0 aromatic heterocycles. The Hall–Kier alpha value is -2.30. The van der Waals surface area contributed by atoms with Crippen LogP contribution in [0, 0.1) is 6.92 Å². The largest absolute Gasteiger partial charge is 0.478 e. The average molecular weight is 276 g/mol. The molecule has 5 heteroatoms. The van der Waals surface area contributed by atoms with Gasteiger partial charge in [0.25, 0.3) is 0 Å². The lowest BCUT2D eigenvalue weighted by molar-refractivity contribution is 0.0697. The van der Waals surface area contributed by atoms with Gasteiger partial charge in [0.05, 0.1) is 5.56 Å². The van der Waals surface area contributed by atoms with Gasteiger partial charge < -0.3 is 15.3 Å². The summed E-state index contributed by atoms with van der Waals surface area (Å²) in [7, 11) is 0. The van der Waals surface area contributed by atoms with Gasteiger partial charge in [0.2, 0.25) is 0 Å². The quantitative estimate of drug-likeness (QED) is 0.784. The molecule has 0 radical (unpaired) electrons. The summed E-state index contributed by atoms with van der Waals surface area (Å²) in [4.78, 5) is 24.6. The number of hydrogen-bond acceptors (Lipinski definition) is 2. The third-order valence-corrected chi connectivity index (χ3v) is 2.85. The minimum atomic E-state index is -0.981. The van der Waals surface area contributed by atoms with Crippen molar-refractivity contribution in [2.24, 2.45) is 0 Å². The Morgan fingerprint density at radius 1 is 1.45 bits per heavy atom. The zero-order chi connectivity index (χ0) is 15.1. The molecule has 0 aliphatic carbocycles. The molecule has 1 aromatic rings. The molecular formula is C15H20N2O3. The molecule has 1 aromatic carbocycles.